The SMILES string of the molecule is [2H]C(C)(C)c1cccc(C([2H])(C)C)c1-n1cc[n+](C)c1-c1c(C)ccc2c1-n1ccnc1C2. The second-order valence-electron chi connectivity index (χ2n) is 8.96. The lowest BCUT2D eigenvalue weighted by molar-refractivity contribution is -0.659. The van der Waals surface area contributed by atoms with E-state index in [9.17, 15) is 0 Å². The molecule has 0 radical (unpaired) electrons. The first-order valence-corrected chi connectivity index (χ1v) is 10.9. The molecule has 1 aliphatic heterocycles. The van der Waals surface area contributed by atoms with Crippen LogP contribution in [0.25, 0.3) is 22.8 Å². The van der Waals surface area contributed by atoms with Crippen molar-refractivity contribution in [1.82, 2.24) is 14.1 Å². The average Bonchev–Trinajstić information content (AvgIpc) is 3.41. The van der Waals surface area contributed by atoms with Gasteiger partial charge in [0.1, 0.15) is 23.9 Å². The highest BCUT2D eigenvalue weighted by Gasteiger charge is 2.32. The molecule has 1 aliphatic rings. The van der Waals surface area contributed by atoms with E-state index in [1.807, 2.05) is 58.3 Å². The average molecular weight is 414 g/mol. The normalized spacial score (nSPS) is 14.3. The second kappa shape index (κ2) is 7.23. The summed E-state index contributed by atoms with van der Waals surface area (Å²) in [5.74, 6) is 0.454. The summed E-state index contributed by atoms with van der Waals surface area (Å²) in [6.07, 6.45) is 8.85. The zero-order valence-corrected chi connectivity index (χ0v) is 19.2. The Balaban J connectivity index is 1.88. The quantitative estimate of drug-likeness (QED) is 0.352. The number of hydrogen-bond acceptors (Lipinski definition) is 1. The Morgan fingerprint density at radius 2 is 1.68 bits per heavy atom. The van der Waals surface area contributed by atoms with Gasteiger partial charge in [-0.1, -0.05) is 58.0 Å². The van der Waals surface area contributed by atoms with E-state index in [1.54, 1.807) is 0 Å². The van der Waals surface area contributed by atoms with E-state index in [0.29, 0.717) is 0 Å². The highest BCUT2D eigenvalue weighted by Crippen LogP contribution is 2.39. The molecule has 4 nitrogen and oxygen atoms in total. The Labute approximate surface area is 187 Å². The molecule has 5 rings (SSSR count). The molecule has 0 aliphatic carbocycles. The molecule has 158 valence electrons. The molecule has 3 heterocycles. The number of fused-ring (bicyclic) bond motifs is 3. The van der Waals surface area contributed by atoms with Crippen LogP contribution in [0.1, 0.15) is 70.3 Å². The van der Waals surface area contributed by atoms with Crippen molar-refractivity contribution >= 4 is 0 Å². The van der Waals surface area contributed by atoms with E-state index < -0.39 is 11.8 Å². The predicted octanol–water partition coefficient (Wildman–Crippen LogP) is 5.61. The summed E-state index contributed by atoms with van der Waals surface area (Å²) in [5.41, 5.74) is 7.52. The fourth-order valence-corrected chi connectivity index (χ4v) is 4.84. The molecule has 0 bridgehead atoms. The number of aromatic nitrogens is 4. The summed E-state index contributed by atoms with van der Waals surface area (Å²) in [6, 6.07) is 10.4. The van der Waals surface area contributed by atoms with Crippen LogP contribution in [0.15, 0.2) is 55.1 Å². The van der Waals surface area contributed by atoms with Gasteiger partial charge in [-0.05, 0) is 29.8 Å². The van der Waals surface area contributed by atoms with E-state index >= 15 is 0 Å². The molecular formula is C27H31N4+. The monoisotopic (exact) mass is 413 g/mol. The summed E-state index contributed by atoms with van der Waals surface area (Å²) in [7, 11) is 2.06. The van der Waals surface area contributed by atoms with E-state index in [4.69, 9.17) is 2.74 Å². The van der Waals surface area contributed by atoms with Gasteiger partial charge in [-0.15, -0.1) is 0 Å². The first kappa shape index (κ1) is 17.5. The minimum Gasteiger partial charge on any atom is -0.302 e. The number of para-hydroxylation sites is 1. The van der Waals surface area contributed by atoms with Crippen LogP contribution in [0.2, 0.25) is 0 Å². The highest BCUT2D eigenvalue weighted by molar-refractivity contribution is 5.76. The summed E-state index contributed by atoms with van der Waals surface area (Å²) >= 11 is 0. The van der Waals surface area contributed by atoms with E-state index in [2.05, 4.69) is 57.2 Å². The summed E-state index contributed by atoms with van der Waals surface area (Å²) in [6.45, 7) is 9.81. The molecule has 4 heteroatoms. The van der Waals surface area contributed by atoms with E-state index in [0.717, 1.165) is 40.4 Å². The van der Waals surface area contributed by atoms with E-state index in [-0.39, 0.29) is 0 Å². The van der Waals surface area contributed by atoms with Crippen LogP contribution in [0.4, 0.5) is 0 Å². The first-order chi connectivity index (χ1) is 15.5. The smallest absolute Gasteiger partial charge is 0.296 e. The number of benzene rings is 2. The molecule has 2 aromatic carbocycles. The van der Waals surface area contributed by atoms with E-state index in [1.165, 1.54) is 16.8 Å². The lowest BCUT2D eigenvalue weighted by Gasteiger charge is -2.19. The van der Waals surface area contributed by atoms with Gasteiger partial charge in [-0.3, -0.25) is 0 Å². The largest absolute Gasteiger partial charge is 0.302 e. The van der Waals surface area contributed by atoms with Crippen LogP contribution in [0.3, 0.4) is 0 Å². The molecule has 0 saturated carbocycles. The third kappa shape index (κ3) is 2.96. The summed E-state index contributed by atoms with van der Waals surface area (Å²) in [5, 5.41) is 0. The van der Waals surface area contributed by atoms with Crippen LogP contribution in [0, 0.1) is 6.92 Å². The lowest BCUT2D eigenvalue weighted by atomic mass is 9.92. The Morgan fingerprint density at radius 1 is 0.968 bits per heavy atom. The molecule has 0 atom stereocenters. The maximum Gasteiger partial charge on any atom is 0.296 e. The maximum atomic E-state index is 8.89. The Bertz CT molecular complexity index is 1350. The fourth-order valence-electron chi connectivity index (χ4n) is 4.84. The van der Waals surface area contributed by atoms with Crippen molar-refractivity contribution in [1.29, 1.82) is 0 Å². The summed E-state index contributed by atoms with van der Waals surface area (Å²) < 4.78 is 24.3. The molecule has 2 aromatic heterocycles. The molecule has 0 N–H and O–H groups in total. The summed E-state index contributed by atoms with van der Waals surface area (Å²) in [4.78, 5) is 4.56. The first-order valence-electron chi connectivity index (χ1n) is 11.9. The van der Waals surface area contributed by atoms with Gasteiger partial charge in [0.15, 0.2) is 0 Å². The minimum atomic E-state index is -0.818. The van der Waals surface area contributed by atoms with Gasteiger partial charge in [0, 0.05) is 32.7 Å². The minimum absolute atomic E-state index is 0.818. The fraction of sp³-hybridized carbons (Fsp3) is 0.333. The second-order valence-corrected chi connectivity index (χ2v) is 8.96. The third-order valence-electron chi connectivity index (χ3n) is 6.36. The van der Waals surface area contributed by atoms with Crippen molar-refractivity contribution in [3.63, 3.8) is 0 Å². The van der Waals surface area contributed by atoms with Gasteiger partial charge in [0.2, 0.25) is 0 Å². The number of aryl methyl sites for hydroxylation is 2. The van der Waals surface area contributed by atoms with Crippen molar-refractivity contribution in [3.05, 3.63) is 83.2 Å². The molecule has 0 fully saturated rings. The standard InChI is InChI=1S/C27H31N4/c1-17(2)21-8-7-9-22(18(3)4)26(21)31-15-14-29(6)27(31)24-19(5)10-11-20-16-23-28-12-13-30(23)25(20)24/h7-15,17-18H,16H2,1-6H3/q+1/i17D,18D. The van der Waals surface area contributed by atoms with Crippen molar-refractivity contribution < 1.29 is 7.31 Å². The number of hydrogen-bond donors (Lipinski definition) is 0. The highest BCUT2D eigenvalue weighted by atomic mass is 15.2. The molecular weight excluding hydrogens is 380 g/mol. The zero-order valence-electron chi connectivity index (χ0n) is 21.2. The van der Waals surface area contributed by atoms with Crippen molar-refractivity contribution in [2.24, 2.45) is 7.05 Å². The van der Waals surface area contributed by atoms with Gasteiger partial charge >= 0.3 is 0 Å². The number of imidazole rings is 2. The molecule has 0 spiro atoms. The molecule has 4 aromatic rings. The third-order valence-corrected chi connectivity index (χ3v) is 6.36. The van der Waals surface area contributed by atoms with Crippen molar-refractivity contribution in [3.8, 4) is 22.8 Å². The van der Waals surface area contributed by atoms with Crippen LogP contribution >= 0.6 is 0 Å². The van der Waals surface area contributed by atoms with Gasteiger partial charge in [-0.2, -0.15) is 4.57 Å². The van der Waals surface area contributed by atoms with Crippen LogP contribution in [0.5, 0.6) is 0 Å². The topological polar surface area (TPSA) is 26.6 Å². The predicted molar refractivity (Wildman–Crippen MR) is 125 cm³/mol. The van der Waals surface area contributed by atoms with Crippen LogP contribution in [-0.4, -0.2) is 14.1 Å². The van der Waals surface area contributed by atoms with Gasteiger partial charge in [0.25, 0.3) is 5.82 Å². The maximum absolute atomic E-state index is 8.89. The Morgan fingerprint density at radius 3 is 2.35 bits per heavy atom. The Kier molecular flexibility index (Phi) is 4.09. The number of nitrogens with zero attached hydrogens (tertiary/aromatic N) is 4. The van der Waals surface area contributed by atoms with Crippen molar-refractivity contribution in [2.45, 2.75) is 52.8 Å². The van der Waals surface area contributed by atoms with Gasteiger partial charge in [0.05, 0.1) is 18.3 Å². The zero-order chi connectivity index (χ0) is 23.7. The Hall–Kier alpha value is -3.14. The van der Waals surface area contributed by atoms with Crippen LogP contribution in [-0.2, 0) is 13.5 Å². The van der Waals surface area contributed by atoms with Gasteiger partial charge in [-0.25, -0.2) is 9.55 Å². The van der Waals surface area contributed by atoms with Crippen LogP contribution < -0.4 is 4.57 Å². The molecule has 0 amide bonds. The number of rotatable bonds is 4. The molecule has 0 unspecified atom stereocenters. The van der Waals surface area contributed by atoms with Crippen molar-refractivity contribution in [2.75, 3.05) is 0 Å². The van der Waals surface area contributed by atoms with Gasteiger partial charge < -0.3 is 4.57 Å². The molecule has 0 saturated heterocycles. The molecule has 31 heavy (non-hydrogen) atoms. The lowest BCUT2D eigenvalue weighted by Crippen LogP contribution is -2.30.